The average molecular weight is 562 g/mol. The Balaban J connectivity index is 1.11. The largest absolute Gasteiger partial charge is 0.396 e. The van der Waals surface area contributed by atoms with E-state index in [4.69, 9.17) is 16.3 Å². The van der Waals surface area contributed by atoms with Gasteiger partial charge in [-0.1, -0.05) is 48.0 Å². The number of halogens is 1. The molecule has 3 N–H and O–H groups in total. The van der Waals surface area contributed by atoms with Gasteiger partial charge in [0.1, 0.15) is 6.54 Å². The number of anilines is 1. The first-order valence-corrected chi connectivity index (χ1v) is 14.1. The molecule has 2 amide bonds. The number of rotatable bonds is 8. The number of benzene rings is 2. The first-order valence-electron chi connectivity index (χ1n) is 13.7. The number of ether oxygens (including phenoxy) is 1. The number of nitrogens with zero attached hydrogens (tertiary/aromatic N) is 3. The van der Waals surface area contributed by atoms with E-state index in [0.29, 0.717) is 48.5 Å². The molecule has 0 radical (unpaired) electrons. The minimum absolute atomic E-state index is 0.0333. The van der Waals surface area contributed by atoms with Gasteiger partial charge >= 0.3 is 0 Å². The maximum Gasteiger partial charge on any atom is 0.254 e. The molecule has 1 saturated heterocycles. The van der Waals surface area contributed by atoms with Crippen LogP contribution in [-0.2, 0) is 22.5 Å². The number of fused-ring (bicyclic) bond motifs is 2. The molecular formula is C30H32ClN5O4. The number of hydrogen-bond acceptors (Lipinski definition) is 7. The highest BCUT2D eigenvalue weighted by Gasteiger charge is 2.33. The van der Waals surface area contributed by atoms with Crippen LogP contribution in [-0.4, -0.2) is 70.7 Å². The van der Waals surface area contributed by atoms with Gasteiger partial charge in [-0.15, -0.1) is 0 Å². The number of carbonyl (C=O) groups excluding carboxylic acids is 2. The second-order valence-corrected chi connectivity index (χ2v) is 11.1. The van der Waals surface area contributed by atoms with Crippen LogP contribution in [0.3, 0.4) is 0 Å². The summed E-state index contributed by atoms with van der Waals surface area (Å²) < 4.78 is 5.42. The van der Waals surface area contributed by atoms with Crippen LogP contribution in [0.2, 0.25) is 5.02 Å². The van der Waals surface area contributed by atoms with Crippen molar-refractivity contribution in [3.63, 3.8) is 0 Å². The van der Waals surface area contributed by atoms with Crippen molar-refractivity contribution in [2.75, 3.05) is 38.2 Å². The molecule has 1 aliphatic carbocycles. The van der Waals surface area contributed by atoms with Gasteiger partial charge in [-0.05, 0) is 47.9 Å². The predicted octanol–water partition coefficient (Wildman–Crippen LogP) is 3.41. The molecule has 208 valence electrons. The average Bonchev–Trinajstić information content (AvgIpc) is 3.49. The highest BCUT2D eigenvalue weighted by molar-refractivity contribution is 6.33. The lowest BCUT2D eigenvalue weighted by atomic mass is 9.93. The summed E-state index contributed by atoms with van der Waals surface area (Å²) in [5.74, 6) is 0.212. The Morgan fingerprint density at radius 2 is 1.98 bits per heavy atom. The van der Waals surface area contributed by atoms with Crippen LogP contribution in [0.15, 0.2) is 48.7 Å². The summed E-state index contributed by atoms with van der Waals surface area (Å²) >= 11 is 6.46. The Morgan fingerprint density at radius 1 is 1.15 bits per heavy atom. The number of nitrogens with one attached hydrogen (secondary N) is 2. The van der Waals surface area contributed by atoms with Crippen LogP contribution in [0.5, 0.6) is 0 Å². The SMILES string of the molecule is O=C(CN1Cc2ccc(-c3nc(NC4CCOCC4)ncc3Cl)cc2C1=O)NCC1c2ccccc2C[C@@H]1CO. The molecule has 0 bridgehead atoms. The van der Waals surface area contributed by atoms with E-state index < -0.39 is 0 Å². The monoisotopic (exact) mass is 561 g/mol. The van der Waals surface area contributed by atoms with Gasteiger partial charge in [0.15, 0.2) is 0 Å². The standard InChI is InChI=1S/C30H32ClN5O4/c31-26-14-33-30(34-22-7-9-40-10-8-22)35-28(26)19-5-6-20-15-36(29(39)24(20)12-19)16-27(38)32-13-25-21(17-37)11-18-3-1-2-4-23(18)25/h1-6,12,14,21-22,25,37H,7-11,13,15-17H2,(H,32,38)(H,33,34,35)/t21-,25?/m1/s1. The summed E-state index contributed by atoms with van der Waals surface area (Å²) in [6.07, 6.45) is 4.14. The number of aromatic nitrogens is 2. The van der Waals surface area contributed by atoms with Crippen molar-refractivity contribution in [3.05, 3.63) is 75.9 Å². The normalized spacial score (nSPS) is 20.4. The van der Waals surface area contributed by atoms with Crippen LogP contribution in [0.1, 0.15) is 45.8 Å². The molecule has 0 saturated carbocycles. The first-order chi connectivity index (χ1) is 19.5. The fourth-order valence-corrected chi connectivity index (χ4v) is 6.18. The minimum atomic E-state index is -0.217. The van der Waals surface area contributed by atoms with Crippen molar-refractivity contribution in [2.24, 2.45) is 5.92 Å². The second kappa shape index (κ2) is 11.5. The lowest BCUT2D eigenvalue weighted by Crippen LogP contribution is -2.39. The van der Waals surface area contributed by atoms with Gasteiger partial charge in [-0.25, -0.2) is 9.97 Å². The van der Waals surface area contributed by atoms with Gasteiger partial charge in [0.2, 0.25) is 11.9 Å². The topological polar surface area (TPSA) is 117 Å². The fraction of sp³-hybridized carbons (Fsp3) is 0.400. The summed E-state index contributed by atoms with van der Waals surface area (Å²) in [6, 6.07) is 13.9. The van der Waals surface area contributed by atoms with Gasteiger partial charge in [0.25, 0.3) is 5.91 Å². The quantitative estimate of drug-likeness (QED) is 0.386. The fourth-order valence-electron chi connectivity index (χ4n) is 5.98. The van der Waals surface area contributed by atoms with Crippen molar-refractivity contribution in [1.82, 2.24) is 20.2 Å². The lowest BCUT2D eigenvalue weighted by molar-refractivity contribution is -0.121. The highest BCUT2D eigenvalue weighted by atomic mass is 35.5. The van der Waals surface area contributed by atoms with E-state index in [-0.39, 0.29) is 42.8 Å². The van der Waals surface area contributed by atoms with Gasteiger partial charge in [0, 0.05) is 56.0 Å². The number of aliphatic hydroxyl groups is 1. The third-order valence-corrected chi connectivity index (χ3v) is 8.43. The summed E-state index contributed by atoms with van der Waals surface area (Å²) in [5.41, 5.74) is 5.07. The molecule has 3 aliphatic rings. The van der Waals surface area contributed by atoms with E-state index in [1.165, 1.54) is 11.1 Å². The van der Waals surface area contributed by atoms with E-state index in [1.807, 2.05) is 24.3 Å². The zero-order valence-electron chi connectivity index (χ0n) is 22.1. The van der Waals surface area contributed by atoms with Gasteiger partial charge in [-0.2, -0.15) is 0 Å². The molecule has 1 fully saturated rings. The molecule has 10 heteroatoms. The molecule has 2 aromatic carbocycles. The molecule has 1 aromatic heterocycles. The summed E-state index contributed by atoms with van der Waals surface area (Å²) in [7, 11) is 0. The third kappa shape index (κ3) is 5.41. The van der Waals surface area contributed by atoms with Crippen LogP contribution < -0.4 is 10.6 Å². The second-order valence-electron chi connectivity index (χ2n) is 10.7. The molecule has 40 heavy (non-hydrogen) atoms. The first kappa shape index (κ1) is 26.7. The van der Waals surface area contributed by atoms with Crippen molar-refractivity contribution in [1.29, 1.82) is 0 Å². The van der Waals surface area contributed by atoms with Gasteiger partial charge in [-0.3, -0.25) is 9.59 Å². The number of amides is 2. The van der Waals surface area contributed by atoms with E-state index in [0.717, 1.165) is 30.4 Å². The molecule has 1 unspecified atom stereocenters. The predicted molar refractivity (Wildman–Crippen MR) is 151 cm³/mol. The van der Waals surface area contributed by atoms with Crippen LogP contribution in [0.4, 0.5) is 5.95 Å². The Hall–Kier alpha value is -3.53. The smallest absolute Gasteiger partial charge is 0.254 e. The molecular weight excluding hydrogens is 530 g/mol. The number of carbonyl (C=O) groups is 2. The van der Waals surface area contributed by atoms with Crippen LogP contribution in [0.25, 0.3) is 11.3 Å². The molecule has 3 aromatic rings. The zero-order valence-corrected chi connectivity index (χ0v) is 22.9. The van der Waals surface area contributed by atoms with E-state index >= 15 is 0 Å². The molecule has 9 nitrogen and oxygen atoms in total. The highest BCUT2D eigenvalue weighted by Crippen LogP contribution is 2.37. The Bertz CT molecular complexity index is 1430. The maximum atomic E-state index is 13.3. The Kier molecular flexibility index (Phi) is 7.69. The van der Waals surface area contributed by atoms with Crippen molar-refractivity contribution >= 4 is 29.4 Å². The molecule has 3 heterocycles. The number of aliphatic hydroxyl groups excluding tert-OH is 1. The van der Waals surface area contributed by atoms with Gasteiger partial charge < -0.3 is 25.4 Å². The lowest BCUT2D eigenvalue weighted by Gasteiger charge is -2.23. The zero-order chi connectivity index (χ0) is 27.6. The molecule has 6 rings (SSSR count). The number of hydrogen-bond donors (Lipinski definition) is 3. The summed E-state index contributed by atoms with van der Waals surface area (Å²) in [4.78, 5) is 36.7. The summed E-state index contributed by atoms with van der Waals surface area (Å²) in [5, 5.41) is 16.6. The Morgan fingerprint density at radius 3 is 2.80 bits per heavy atom. The van der Waals surface area contributed by atoms with Crippen molar-refractivity contribution in [3.8, 4) is 11.3 Å². The minimum Gasteiger partial charge on any atom is -0.396 e. The molecule has 2 atom stereocenters. The van der Waals surface area contributed by atoms with Crippen molar-refractivity contribution in [2.45, 2.75) is 37.8 Å². The van der Waals surface area contributed by atoms with Crippen molar-refractivity contribution < 1.29 is 19.4 Å². The van der Waals surface area contributed by atoms with Gasteiger partial charge in [0.05, 0.1) is 16.9 Å². The molecule has 2 aliphatic heterocycles. The molecule has 0 spiro atoms. The van der Waals surface area contributed by atoms with Crippen LogP contribution >= 0.6 is 11.6 Å². The summed E-state index contributed by atoms with van der Waals surface area (Å²) in [6.45, 7) is 2.24. The maximum absolute atomic E-state index is 13.3. The van der Waals surface area contributed by atoms with Crippen LogP contribution in [0, 0.1) is 5.92 Å². The van der Waals surface area contributed by atoms with E-state index in [9.17, 15) is 14.7 Å². The van der Waals surface area contributed by atoms with E-state index in [1.54, 1.807) is 17.2 Å². The third-order valence-electron chi connectivity index (χ3n) is 8.15. The van der Waals surface area contributed by atoms with E-state index in [2.05, 4.69) is 32.7 Å². The Labute approximate surface area is 237 Å².